The van der Waals surface area contributed by atoms with E-state index in [1.54, 1.807) is 23.1 Å². The quantitative estimate of drug-likeness (QED) is 0.750. The number of primary amides is 1. The summed E-state index contributed by atoms with van der Waals surface area (Å²) in [5.74, 6) is 1.11. The van der Waals surface area contributed by atoms with Crippen LogP contribution in [0, 0.1) is 0 Å². The SMILES string of the molecule is CCOc1ccc([C@@H]2CC(=O)N(c3cccc(C(N)=O)c3)C2)cc1OC1CCCC1. The van der Waals surface area contributed by atoms with Gasteiger partial charge in [-0.1, -0.05) is 12.1 Å². The van der Waals surface area contributed by atoms with E-state index in [9.17, 15) is 9.59 Å². The third-order valence-electron chi connectivity index (χ3n) is 5.90. The van der Waals surface area contributed by atoms with Gasteiger partial charge in [0.15, 0.2) is 11.5 Å². The van der Waals surface area contributed by atoms with Crippen LogP contribution in [-0.4, -0.2) is 31.1 Å². The highest BCUT2D eigenvalue weighted by molar-refractivity contribution is 5.99. The second-order valence-electron chi connectivity index (χ2n) is 7.98. The molecule has 2 aromatic carbocycles. The summed E-state index contributed by atoms with van der Waals surface area (Å²) in [6, 6.07) is 12.9. The standard InChI is InChI=1S/C24H28N2O4/c1-2-29-21-11-10-16(13-22(21)30-20-8-3-4-9-20)18-14-23(27)26(15-18)19-7-5-6-17(12-19)24(25)28/h5-7,10-13,18,20H,2-4,8-9,14-15H2,1H3,(H2,25,28)/t18-/m1/s1. The maximum atomic E-state index is 12.7. The molecule has 2 aliphatic rings. The van der Waals surface area contributed by atoms with Gasteiger partial charge < -0.3 is 20.1 Å². The summed E-state index contributed by atoms with van der Waals surface area (Å²) in [5.41, 5.74) is 7.55. The monoisotopic (exact) mass is 408 g/mol. The van der Waals surface area contributed by atoms with Crippen molar-refractivity contribution in [1.82, 2.24) is 0 Å². The first-order chi connectivity index (χ1) is 14.5. The number of nitrogens with zero attached hydrogens (tertiary/aromatic N) is 1. The van der Waals surface area contributed by atoms with Crippen LogP contribution in [0.3, 0.4) is 0 Å². The van der Waals surface area contributed by atoms with Gasteiger partial charge in [-0.05, 0) is 68.5 Å². The fourth-order valence-corrected chi connectivity index (χ4v) is 4.34. The average molecular weight is 408 g/mol. The van der Waals surface area contributed by atoms with Crippen LogP contribution in [0.4, 0.5) is 5.69 Å². The molecule has 6 nitrogen and oxygen atoms in total. The summed E-state index contributed by atoms with van der Waals surface area (Å²) in [6.45, 7) is 3.09. The van der Waals surface area contributed by atoms with E-state index in [1.807, 2.05) is 31.2 Å². The number of carbonyl (C=O) groups is 2. The van der Waals surface area contributed by atoms with Gasteiger partial charge in [0.25, 0.3) is 0 Å². The Morgan fingerprint density at radius 2 is 1.93 bits per heavy atom. The zero-order valence-electron chi connectivity index (χ0n) is 17.3. The Hall–Kier alpha value is -3.02. The van der Waals surface area contributed by atoms with Gasteiger partial charge >= 0.3 is 0 Å². The van der Waals surface area contributed by atoms with Crippen LogP contribution in [-0.2, 0) is 4.79 Å². The molecule has 1 heterocycles. The predicted octanol–water partition coefficient (Wildman–Crippen LogP) is 4.03. The van der Waals surface area contributed by atoms with E-state index in [4.69, 9.17) is 15.2 Å². The van der Waals surface area contributed by atoms with E-state index in [0.717, 1.165) is 29.9 Å². The minimum atomic E-state index is -0.500. The number of amides is 2. The molecular weight excluding hydrogens is 380 g/mol. The van der Waals surface area contributed by atoms with Crippen LogP contribution in [0.15, 0.2) is 42.5 Å². The number of ether oxygens (including phenoxy) is 2. The summed E-state index contributed by atoms with van der Waals surface area (Å²) in [4.78, 5) is 25.9. The minimum absolute atomic E-state index is 0.0359. The summed E-state index contributed by atoms with van der Waals surface area (Å²) in [5, 5.41) is 0. The first kappa shape index (κ1) is 20.3. The zero-order chi connectivity index (χ0) is 21.1. The number of carbonyl (C=O) groups excluding carboxylic acids is 2. The third-order valence-corrected chi connectivity index (χ3v) is 5.90. The molecule has 1 atom stereocenters. The number of nitrogens with two attached hydrogens (primary N) is 1. The Kier molecular flexibility index (Phi) is 5.93. The molecule has 0 spiro atoms. The highest BCUT2D eigenvalue weighted by Crippen LogP contribution is 2.38. The molecule has 0 radical (unpaired) electrons. The topological polar surface area (TPSA) is 81.9 Å². The highest BCUT2D eigenvalue weighted by Gasteiger charge is 2.32. The summed E-state index contributed by atoms with van der Waals surface area (Å²) < 4.78 is 12.0. The molecule has 1 saturated heterocycles. The van der Waals surface area contributed by atoms with Crippen LogP contribution in [0.2, 0.25) is 0 Å². The van der Waals surface area contributed by atoms with Gasteiger partial charge in [0.2, 0.25) is 11.8 Å². The molecule has 2 amide bonds. The van der Waals surface area contributed by atoms with E-state index < -0.39 is 5.91 Å². The molecule has 0 bridgehead atoms. The van der Waals surface area contributed by atoms with E-state index in [-0.39, 0.29) is 17.9 Å². The lowest BCUT2D eigenvalue weighted by atomic mass is 9.98. The zero-order valence-corrected chi connectivity index (χ0v) is 17.3. The van der Waals surface area contributed by atoms with Crippen LogP contribution in [0.5, 0.6) is 11.5 Å². The van der Waals surface area contributed by atoms with Crippen LogP contribution in [0.25, 0.3) is 0 Å². The molecule has 2 aromatic rings. The summed E-state index contributed by atoms with van der Waals surface area (Å²) in [6.07, 6.45) is 5.19. The van der Waals surface area contributed by atoms with Gasteiger partial charge in [-0.3, -0.25) is 9.59 Å². The van der Waals surface area contributed by atoms with Crippen molar-refractivity contribution in [3.05, 3.63) is 53.6 Å². The average Bonchev–Trinajstić information content (AvgIpc) is 3.39. The third kappa shape index (κ3) is 4.27. The number of anilines is 1. The molecule has 2 fully saturated rings. The van der Waals surface area contributed by atoms with Gasteiger partial charge in [0, 0.05) is 30.1 Å². The van der Waals surface area contributed by atoms with Gasteiger partial charge in [-0.25, -0.2) is 0 Å². The van der Waals surface area contributed by atoms with Crippen molar-refractivity contribution in [3.63, 3.8) is 0 Å². The second-order valence-corrected chi connectivity index (χ2v) is 7.98. The Morgan fingerprint density at radius 1 is 1.13 bits per heavy atom. The smallest absolute Gasteiger partial charge is 0.248 e. The van der Waals surface area contributed by atoms with E-state index >= 15 is 0 Å². The molecular formula is C24H28N2O4. The van der Waals surface area contributed by atoms with Crippen LogP contribution >= 0.6 is 0 Å². The van der Waals surface area contributed by atoms with Crippen molar-refractivity contribution in [1.29, 1.82) is 0 Å². The lowest BCUT2D eigenvalue weighted by Crippen LogP contribution is -2.24. The molecule has 1 saturated carbocycles. The van der Waals surface area contributed by atoms with E-state index in [0.29, 0.717) is 30.8 Å². The largest absolute Gasteiger partial charge is 0.490 e. The van der Waals surface area contributed by atoms with Crippen molar-refractivity contribution in [2.24, 2.45) is 5.73 Å². The highest BCUT2D eigenvalue weighted by atomic mass is 16.5. The maximum absolute atomic E-state index is 12.7. The second kappa shape index (κ2) is 8.78. The van der Waals surface area contributed by atoms with Crippen molar-refractivity contribution in [2.45, 2.75) is 51.0 Å². The number of rotatable bonds is 7. The first-order valence-corrected chi connectivity index (χ1v) is 10.7. The number of benzene rings is 2. The number of hydrogen-bond acceptors (Lipinski definition) is 4. The van der Waals surface area contributed by atoms with Crippen molar-refractivity contribution in [3.8, 4) is 11.5 Å². The van der Waals surface area contributed by atoms with Crippen molar-refractivity contribution >= 4 is 17.5 Å². The fourth-order valence-electron chi connectivity index (χ4n) is 4.34. The molecule has 1 aliphatic heterocycles. The first-order valence-electron chi connectivity index (χ1n) is 10.7. The lowest BCUT2D eigenvalue weighted by Gasteiger charge is -2.20. The molecule has 0 aromatic heterocycles. The van der Waals surface area contributed by atoms with E-state index in [2.05, 4.69) is 0 Å². The van der Waals surface area contributed by atoms with Crippen LogP contribution in [0.1, 0.15) is 60.9 Å². The molecule has 30 heavy (non-hydrogen) atoms. The predicted molar refractivity (Wildman–Crippen MR) is 115 cm³/mol. The summed E-state index contributed by atoms with van der Waals surface area (Å²) in [7, 11) is 0. The lowest BCUT2D eigenvalue weighted by molar-refractivity contribution is -0.117. The van der Waals surface area contributed by atoms with Gasteiger partial charge in [-0.2, -0.15) is 0 Å². The molecule has 4 rings (SSSR count). The Bertz CT molecular complexity index is 937. The normalized spacial score (nSPS) is 19.3. The van der Waals surface area contributed by atoms with Crippen molar-refractivity contribution < 1.29 is 19.1 Å². The fraction of sp³-hybridized carbons (Fsp3) is 0.417. The maximum Gasteiger partial charge on any atom is 0.248 e. The van der Waals surface area contributed by atoms with Gasteiger partial charge in [0.1, 0.15) is 0 Å². The molecule has 6 heteroatoms. The molecule has 2 N–H and O–H groups in total. The summed E-state index contributed by atoms with van der Waals surface area (Å²) >= 11 is 0. The molecule has 158 valence electrons. The molecule has 0 unspecified atom stereocenters. The number of hydrogen-bond donors (Lipinski definition) is 1. The van der Waals surface area contributed by atoms with Crippen molar-refractivity contribution in [2.75, 3.05) is 18.1 Å². The Balaban J connectivity index is 1.56. The van der Waals surface area contributed by atoms with Crippen LogP contribution < -0.4 is 20.1 Å². The van der Waals surface area contributed by atoms with E-state index in [1.165, 1.54) is 12.8 Å². The Morgan fingerprint density at radius 3 is 2.67 bits per heavy atom. The van der Waals surface area contributed by atoms with Gasteiger partial charge in [-0.15, -0.1) is 0 Å². The minimum Gasteiger partial charge on any atom is -0.490 e. The molecule has 1 aliphatic carbocycles. The Labute approximate surface area is 177 Å². The van der Waals surface area contributed by atoms with Gasteiger partial charge in [0.05, 0.1) is 12.7 Å².